The molecule has 0 aliphatic rings. The average Bonchev–Trinajstić information content (AvgIpc) is 2.53. The summed E-state index contributed by atoms with van der Waals surface area (Å²) in [4.78, 5) is 0. The number of nitrogens with two attached hydrogens (primary N) is 3. The van der Waals surface area contributed by atoms with Crippen molar-refractivity contribution in [3.05, 3.63) is 53.1 Å². The molecule has 27 heavy (non-hydrogen) atoms. The maximum absolute atomic E-state index is 14.0. The SMILES string of the molecule is CNc1ccc(C(c2ccc(CN)c(N)c2)(C(F)(F)F)C(F)(F)F)cc1N. The monoisotopic (exact) mass is 392 g/mol. The molecular weight excluding hydrogens is 374 g/mol. The van der Waals surface area contributed by atoms with Crippen molar-refractivity contribution in [3.8, 4) is 0 Å². The van der Waals surface area contributed by atoms with Gasteiger partial charge in [-0.1, -0.05) is 18.2 Å². The molecule has 4 nitrogen and oxygen atoms in total. The molecule has 0 atom stereocenters. The minimum Gasteiger partial charge on any atom is -0.398 e. The first kappa shape index (κ1) is 20.7. The minimum atomic E-state index is -5.71. The lowest BCUT2D eigenvalue weighted by molar-refractivity contribution is -0.288. The molecule has 0 spiro atoms. The fraction of sp³-hybridized carbons (Fsp3) is 0.294. The van der Waals surface area contributed by atoms with Gasteiger partial charge in [-0.15, -0.1) is 0 Å². The Bertz CT molecular complexity index is 760. The Balaban J connectivity index is 2.92. The Morgan fingerprint density at radius 1 is 0.815 bits per heavy atom. The molecule has 0 bridgehead atoms. The quantitative estimate of drug-likeness (QED) is 0.471. The molecule has 0 saturated carbocycles. The Morgan fingerprint density at radius 3 is 1.67 bits per heavy atom. The summed E-state index contributed by atoms with van der Waals surface area (Å²) >= 11 is 0. The summed E-state index contributed by atoms with van der Waals surface area (Å²) in [6.07, 6.45) is -11.4. The van der Waals surface area contributed by atoms with E-state index in [1.165, 1.54) is 7.05 Å². The molecule has 0 amide bonds. The van der Waals surface area contributed by atoms with Crippen LogP contribution in [0.2, 0.25) is 0 Å². The number of nitrogen functional groups attached to an aromatic ring is 2. The summed E-state index contributed by atoms with van der Waals surface area (Å²) in [6.45, 7) is -0.124. The summed E-state index contributed by atoms with van der Waals surface area (Å²) in [7, 11) is 1.44. The second-order valence-corrected chi connectivity index (χ2v) is 5.92. The van der Waals surface area contributed by atoms with Gasteiger partial charge in [0.25, 0.3) is 0 Å². The van der Waals surface area contributed by atoms with Crippen molar-refractivity contribution in [2.75, 3.05) is 23.8 Å². The van der Waals surface area contributed by atoms with Gasteiger partial charge in [0.15, 0.2) is 0 Å². The van der Waals surface area contributed by atoms with Gasteiger partial charge in [-0.3, -0.25) is 0 Å². The molecule has 0 fully saturated rings. The van der Waals surface area contributed by atoms with E-state index < -0.39 is 28.9 Å². The molecule has 2 rings (SSSR count). The van der Waals surface area contributed by atoms with Gasteiger partial charge in [0.05, 0.1) is 11.4 Å². The summed E-state index contributed by atoms with van der Waals surface area (Å²) in [5.74, 6) is 0. The van der Waals surface area contributed by atoms with Gasteiger partial charge in [-0.05, 0) is 34.9 Å². The van der Waals surface area contributed by atoms with Crippen LogP contribution in [0.3, 0.4) is 0 Å². The molecule has 2 aromatic rings. The van der Waals surface area contributed by atoms with Crippen molar-refractivity contribution in [3.63, 3.8) is 0 Å². The molecule has 0 saturated heterocycles. The van der Waals surface area contributed by atoms with E-state index in [1.54, 1.807) is 0 Å². The van der Waals surface area contributed by atoms with Crippen LogP contribution in [0.4, 0.5) is 43.4 Å². The highest BCUT2D eigenvalue weighted by atomic mass is 19.4. The zero-order valence-electron chi connectivity index (χ0n) is 14.2. The fourth-order valence-corrected chi connectivity index (χ4v) is 3.02. The molecule has 148 valence electrons. The van der Waals surface area contributed by atoms with E-state index in [9.17, 15) is 26.3 Å². The van der Waals surface area contributed by atoms with Gasteiger partial charge in [-0.25, -0.2) is 0 Å². The predicted octanol–water partition coefficient (Wildman–Crippen LogP) is 3.76. The van der Waals surface area contributed by atoms with Gasteiger partial charge in [0.2, 0.25) is 5.41 Å². The molecule has 0 aromatic heterocycles. The zero-order valence-corrected chi connectivity index (χ0v) is 14.2. The maximum atomic E-state index is 14.0. The van der Waals surface area contributed by atoms with Crippen LogP contribution in [0.25, 0.3) is 0 Å². The van der Waals surface area contributed by atoms with Crippen LogP contribution in [0, 0.1) is 0 Å². The summed E-state index contributed by atoms with van der Waals surface area (Å²) in [5, 5.41) is 2.59. The number of hydrogen-bond acceptors (Lipinski definition) is 4. The van der Waals surface area contributed by atoms with E-state index in [0.717, 1.165) is 24.3 Å². The van der Waals surface area contributed by atoms with Crippen LogP contribution in [0.15, 0.2) is 36.4 Å². The molecule has 7 N–H and O–H groups in total. The van der Waals surface area contributed by atoms with Crippen molar-refractivity contribution < 1.29 is 26.3 Å². The number of rotatable bonds is 4. The van der Waals surface area contributed by atoms with Crippen molar-refractivity contribution in [1.29, 1.82) is 0 Å². The standard InChI is InChI=1S/C17H18F6N4/c1-27-14-5-4-11(7-13(14)26)15(16(18,19)20,17(21,22)23)10-3-2-9(8-24)12(25)6-10/h2-7,27H,8,24-26H2,1H3. The lowest BCUT2D eigenvalue weighted by Crippen LogP contribution is -2.54. The van der Waals surface area contributed by atoms with Gasteiger partial charge in [0.1, 0.15) is 0 Å². The molecular formula is C17H18F6N4. The number of nitrogens with one attached hydrogen (secondary N) is 1. The van der Waals surface area contributed by atoms with Crippen LogP contribution >= 0.6 is 0 Å². The van der Waals surface area contributed by atoms with E-state index in [-0.39, 0.29) is 29.2 Å². The predicted molar refractivity (Wildman–Crippen MR) is 92.0 cm³/mol. The van der Waals surface area contributed by atoms with Gasteiger partial charge < -0.3 is 22.5 Å². The topological polar surface area (TPSA) is 90.1 Å². The first-order chi connectivity index (χ1) is 12.4. The zero-order chi connectivity index (χ0) is 20.6. The van der Waals surface area contributed by atoms with Crippen molar-refractivity contribution in [1.82, 2.24) is 0 Å². The maximum Gasteiger partial charge on any atom is 0.411 e. The molecule has 0 radical (unpaired) electrons. The van der Waals surface area contributed by atoms with E-state index in [0.29, 0.717) is 12.1 Å². The summed E-state index contributed by atoms with van der Waals surface area (Å²) in [6, 6.07) is 4.93. The third-order valence-corrected chi connectivity index (χ3v) is 4.40. The van der Waals surface area contributed by atoms with E-state index in [2.05, 4.69) is 5.32 Å². The number of hydrogen-bond donors (Lipinski definition) is 4. The van der Waals surface area contributed by atoms with Crippen molar-refractivity contribution in [2.24, 2.45) is 5.73 Å². The van der Waals surface area contributed by atoms with E-state index in [4.69, 9.17) is 17.2 Å². The van der Waals surface area contributed by atoms with Gasteiger partial charge in [-0.2, -0.15) is 26.3 Å². The highest BCUT2D eigenvalue weighted by Gasteiger charge is 2.72. The largest absolute Gasteiger partial charge is 0.411 e. The summed E-state index contributed by atoms with van der Waals surface area (Å²) in [5.41, 5.74) is 10.2. The number of benzene rings is 2. The second kappa shape index (κ2) is 6.84. The van der Waals surface area contributed by atoms with Crippen LogP contribution in [-0.4, -0.2) is 19.4 Å². The Hall–Kier alpha value is -2.62. The Kier molecular flexibility index (Phi) is 5.24. The Morgan fingerprint density at radius 2 is 1.30 bits per heavy atom. The molecule has 2 aromatic carbocycles. The fourth-order valence-electron chi connectivity index (χ4n) is 3.02. The third-order valence-electron chi connectivity index (χ3n) is 4.40. The first-order valence-corrected chi connectivity index (χ1v) is 7.70. The molecule has 0 heterocycles. The van der Waals surface area contributed by atoms with Gasteiger partial charge >= 0.3 is 12.4 Å². The van der Waals surface area contributed by atoms with Crippen LogP contribution in [0.5, 0.6) is 0 Å². The molecule has 10 heteroatoms. The number of alkyl halides is 6. The van der Waals surface area contributed by atoms with Crippen LogP contribution in [0.1, 0.15) is 16.7 Å². The lowest BCUT2D eigenvalue weighted by Gasteiger charge is -2.38. The molecule has 0 aliphatic carbocycles. The third kappa shape index (κ3) is 3.25. The number of halogens is 6. The first-order valence-electron chi connectivity index (χ1n) is 7.70. The van der Waals surface area contributed by atoms with E-state index >= 15 is 0 Å². The molecule has 0 unspecified atom stereocenters. The lowest BCUT2D eigenvalue weighted by atomic mass is 9.72. The van der Waals surface area contributed by atoms with E-state index in [1.807, 2.05) is 0 Å². The van der Waals surface area contributed by atoms with Crippen LogP contribution in [-0.2, 0) is 12.0 Å². The highest BCUT2D eigenvalue weighted by molar-refractivity contribution is 5.68. The number of anilines is 3. The van der Waals surface area contributed by atoms with Crippen molar-refractivity contribution in [2.45, 2.75) is 24.3 Å². The van der Waals surface area contributed by atoms with Crippen LogP contribution < -0.4 is 22.5 Å². The smallest absolute Gasteiger partial charge is 0.398 e. The molecule has 0 aliphatic heterocycles. The summed E-state index contributed by atoms with van der Waals surface area (Å²) < 4.78 is 84.2. The van der Waals surface area contributed by atoms with Gasteiger partial charge in [0, 0.05) is 19.3 Å². The average molecular weight is 392 g/mol. The minimum absolute atomic E-state index is 0.124. The normalized spacial score (nSPS) is 12.9. The highest BCUT2D eigenvalue weighted by Crippen LogP contribution is 2.56. The second-order valence-electron chi connectivity index (χ2n) is 5.92. The Labute approximate surface area is 151 Å². The van der Waals surface area contributed by atoms with Crippen molar-refractivity contribution >= 4 is 17.1 Å².